The summed E-state index contributed by atoms with van der Waals surface area (Å²) in [4.78, 5) is 0. The van der Waals surface area contributed by atoms with E-state index in [0.29, 0.717) is 0 Å². The van der Waals surface area contributed by atoms with E-state index in [-0.39, 0.29) is 11.7 Å². The summed E-state index contributed by atoms with van der Waals surface area (Å²) in [5, 5.41) is 11.9. The number of nitriles is 1. The highest BCUT2D eigenvalue weighted by Gasteiger charge is 2.39. The van der Waals surface area contributed by atoms with E-state index in [4.69, 9.17) is 16.9 Å². The Morgan fingerprint density at radius 2 is 1.90 bits per heavy atom. The molecule has 104 valence electrons. The van der Waals surface area contributed by atoms with Gasteiger partial charge in [-0.15, -0.1) is 0 Å². The first-order chi connectivity index (χ1) is 9.32. The minimum atomic E-state index is -4.71. The molecular formula is C12H6BrClF3N3. The summed E-state index contributed by atoms with van der Waals surface area (Å²) in [5.41, 5.74) is -1.20. The van der Waals surface area contributed by atoms with Crippen LogP contribution in [0.15, 0.2) is 28.7 Å². The molecule has 0 atom stereocenters. The SMILES string of the molecule is N#Cc1c(C(F)(F)F)nn(Cc2ccc(Br)cc2)c1Cl. The van der Waals surface area contributed by atoms with E-state index < -0.39 is 17.4 Å². The molecule has 0 aliphatic heterocycles. The second-order valence-electron chi connectivity index (χ2n) is 3.91. The van der Waals surface area contributed by atoms with Gasteiger partial charge in [-0.1, -0.05) is 39.7 Å². The van der Waals surface area contributed by atoms with Gasteiger partial charge in [-0.25, -0.2) is 4.68 Å². The zero-order chi connectivity index (χ0) is 14.9. The van der Waals surface area contributed by atoms with Crippen molar-refractivity contribution in [2.45, 2.75) is 12.7 Å². The van der Waals surface area contributed by atoms with Crippen LogP contribution in [0.2, 0.25) is 5.15 Å². The lowest BCUT2D eigenvalue weighted by Gasteiger charge is -2.04. The molecule has 0 amide bonds. The lowest BCUT2D eigenvalue weighted by Crippen LogP contribution is -2.09. The van der Waals surface area contributed by atoms with Crippen LogP contribution in [-0.2, 0) is 12.7 Å². The molecule has 1 aromatic heterocycles. The average Bonchev–Trinajstić information content (AvgIpc) is 2.69. The molecule has 0 saturated heterocycles. The molecular weight excluding hydrogens is 359 g/mol. The number of aromatic nitrogens is 2. The van der Waals surface area contributed by atoms with Gasteiger partial charge in [0.05, 0.1) is 6.54 Å². The molecule has 8 heteroatoms. The fourth-order valence-corrected chi connectivity index (χ4v) is 2.10. The molecule has 0 saturated carbocycles. The Labute approximate surface area is 125 Å². The summed E-state index contributed by atoms with van der Waals surface area (Å²) < 4.78 is 40.0. The monoisotopic (exact) mass is 363 g/mol. The number of hydrogen-bond acceptors (Lipinski definition) is 2. The normalized spacial score (nSPS) is 11.4. The van der Waals surface area contributed by atoms with Crippen LogP contribution in [0, 0.1) is 11.3 Å². The van der Waals surface area contributed by atoms with Crippen LogP contribution in [0.4, 0.5) is 13.2 Å². The molecule has 0 aliphatic rings. The number of nitrogens with zero attached hydrogens (tertiary/aromatic N) is 3. The van der Waals surface area contributed by atoms with E-state index in [1.807, 2.05) is 0 Å². The van der Waals surface area contributed by atoms with Gasteiger partial charge in [-0.05, 0) is 17.7 Å². The highest BCUT2D eigenvalue weighted by atomic mass is 79.9. The van der Waals surface area contributed by atoms with Gasteiger partial charge in [0.2, 0.25) is 0 Å². The van der Waals surface area contributed by atoms with Gasteiger partial charge < -0.3 is 0 Å². The van der Waals surface area contributed by atoms with E-state index in [9.17, 15) is 13.2 Å². The van der Waals surface area contributed by atoms with Gasteiger partial charge in [0, 0.05) is 4.47 Å². The second kappa shape index (κ2) is 5.46. The van der Waals surface area contributed by atoms with Crippen LogP contribution in [0.25, 0.3) is 0 Å². The molecule has 0 spiro atoms. The van der Waals surface area contributed by atoms with Crippen molar-refractivity contribution in [1.29, 1.82) is 5.26 Å². The highest BCUT2D eigenvalue weighted by molar-refractivity contribution is 9.10. The molecule has 2 aromatic rings. The number of rotatable bonds is 2. The molecule has 1 heterocycles. The van der Waals surface area contributed by atoms with E-state index in [2.05, 4.69) is 21.0 Å². The molecule has 0 radical (unpaired) electrons. The maximum atomic E-state index is 12.7. The Morgan fingerprint density at radius 1 is 1.30 bits per heavy atom. The number of benzene rings is 1. The Hall–Kier alpha value is -1.52. The first kappa shape index (κ1) is 14.9. The number of alkyl halides is 3. The fourth-order valence-electron chi connectivity index (χ4n) is 1.61. The lowest BCUT2D eigenvalue weighted by molar-refractivity contribution is -0.141. The van der Waals surface area contributed by atoms with Gasteiger partial charge in [0.15, 0.2) is 5.69 Å². The standard InChI is InChI=1S/C12H6BrClF3N3/c13-8-3-1-7(2-4-8)6-20-11(14)9(5-18)10(19-20)12(15,16)17/h1-4H,6H2. The van der Waals surface area contributed by atoms with Crippen molar-refractivity contribution in [2.24, 2.45) is 0 Å². The van der Waals surface area contributed by atoms with Crippen LogP contribution < -0.4 is 0 Å². The van der Waals surface area contributed by atoms with E-state index in [1.54, 1.807) is 24.3 Å². The molecule has 3 nitrogen and oxygen atoms in total. The summed E-state index contributed by atoms with van der Waals surface area (Å²) in [5.74, 6) is 0. The lowest BCUT2D eigenvalue weighted by atomic mass is 10.2. The summed E-state index contributed by atoms with van der Waals surface area (Å²) in [6.45, 7) is 0.0525. The summed E-state index contributed by atoms with van der Waals surface area (Å²) in [7, 11) is 0. The van der Waals surface area contributed by atoms with Gasteiger partial charge in [-0.2, -0.15) is 23.5 Å². The van der Waals surface area contributed by atoms with Crippen LogP contribution >= 0.6 is 27.5 Å². The van der Waals surface area contributed by atoms with Crippen molar-refractivity contribution in [3.05, 3.63) is 50.7 Å². The van der Waals surface area contributed by atoms with Crippen molar-refractivity contribution in [2.75, 3.05) is 0 Å². The summed E-state index contributed by atoms with van der Waals surface area (Å²) >= 11 is 9.04. The van der Waals surface area contributed by atoms with E-state index >= 15 is 0 Å². The van der Waals surface area contributed by atoms with Crippen LogP contribution in [-0.4, -0.2) is 9.78 Å². The quantitative estimate of drug-likeness (QED) is 0.800. The minimum absolute atomic E-state index is 0.0525. The van der Waals surface area contributed by atoms with Crippen molar-refractivity contribution < 1.29 is 13.2 Å². The summed E-state index contributed by atoms with van der Waals surface area (Å²) in [6, 6.07) is 8.40. The molecule has 0 N–H and O–H groups in total. The minimum Gasteiger partial charge on any atom is -0.248 e. The smallest absolute Gasteiger partial charge is 0.248 e. The average molecular weight is 365 g/mol. The highest BCUT2D eigenvalue weighted by Crippen LogP contribution is 2.34. The summed E-state index contributed by atoms with van der Waals surface area (Å²) in [6.07, 6.45) is -4.71. The number of hydrogen-bond donors (Lipinski definition) is 0. The first-order valence-electron chi connectivity index (χ1n) is 5.31. The van der Waals surface area contributed by atoms with E-state index in [1.165, 1.54) is 6.07 Å². The van der Waals surface area contributed by atoms with Crippen molar-refractivity contribution in [3.63, 3.8) is 0 Å². The molecule has 0 unspecified atom stereocenters. The molecule has 0 aliphatic carbocycles. The molecule has 1 aromatic carbocycles. The Bertz CT molecular complexity index is 671. The van der Waals surface area contributed by atoms with Crippen molar-refractivity contribution >= 4 is 27.5 Å². The van der Waals surface area contributed by atoms with E-state index in [0.717, 1.165) is 14.7 Å². The Balaban J connectivity index is 2.41. The van der Waals surface area contributed by atoms with Crippen LogP contribution in [0.1, 0.15) is 16.8 Å². The predicted molar refractivity (Wildman–Crippen MR) is 70.2 cm³/mol. The largest absolute Gasteiger partial charge is 0.436 e. The Kier molecular flexibility index (Phi) is 4.06. The van der Waals surface area contributed by atoms with Crippen LogP contribution in [0.3, 0.4) is 0 Å². The third-order valence-corrected chi connectivity index (χ3v) is 3.43. The van der Waals surface area contributed by atoms with Crippen molar-refractivity contribution in [3.8, 4) is 6.07 Å². The maximum absolute atomic E-state index is 12.7. The van der Waals surface area contributed by atoms with Crippen LogP contribution in [0.5, 0.6) is 0 Å². The first-order valence-corrected chi connectivity index (χ1v) is 6.48. The zero-order valence-corrected chi connectivity index (χ0v) is 12.1. The second-order valence-corrected chi connectivity index (χ2v) is 5.18. The third kappa shape index (κ3) is 2.97. The van der Waals surface area contributed by atoms with Crippen molar-refractivity contribution in [1.82, 2.24) is 9.78 Å². The fraction of sp³-hybridized carbons (Fsp3) is 0.167. The topological polar surface area (TPSA) is 41.6 Å². The zero-order valence-electron chi connectivity index (χ0n) is 9.75. The number of halogens is 5. The maximum Gasteiger partial charge on any atom is 0.436 e. The van der Waals surface area contributed by atoms with Gasteiger partial charge in [0.1, 0.15) is 16.8 Å². The molecule has 0 fully saturated rings. The molecule has 20 heavy (non-hydrogen) atoms. The van der Waals surface area contributed by atoms with Gasteiger partial charge >= 0.3 is 6.18 Å². The Morgan fingerprint density at radius 3 is 2.35 bits per heavy atom. The predicted octanol–water partition coefficient (Wildman–Crippen LogP) is 4.24. The molecule has 0 bridgehead atoms. The third-order valence-electron chi connectivity index (χ3n) is 2.52. The molecule has 2 rings (SSSR count). The van der Waals surface area contributed by atoms with Gasteiger partial charge in [-0.3, -0.25) is 0 Å². The van der Waals surface area contributed by atoms with Gasteiger partial charge in [0.25, 0.3) is 0 Å².